The van der Waals surface area contributed by atoms with E-state index in [0.717, 1.165) is 25.7 Å². The summed E-state index contributed by atoms with van der Waals surface area (Å²) in [6, 6.07) is 0. The molecule has 2 fully saturated rings. The van der Waals surface area contributed by atoms with Gasteiger partial charge in [-0.2, -0.15) is 0 Å². The average Bonchev–Trinajstić information content (AvgIpc) is 2.75. The Balaban J connectivity index is 2.07. The second-order valence-corrected chi connectivity index (χ2v) is 12.6. The van der Waals surface area contributed by atoms with Crippen LogP contribution in [0.5, 0.6) is 0 Å². The van der Waals surface area contributed by atoms with Crippen molar-refractivity contribution in [2.75, 3.05) is 0 Å². The molecule has 2 aliphatic carbocycles. The minimum absolute atomic E-state index is 0.0900. The van der Waals surface area contributed by atoms with Crippen LogP contribution in [0.4, 0.5) is 0 Å². The van der Waals surface area contributed by atoms with E-state index >= 15 is 0 Å². The van der Waals surface area contributed by atoms with Crippen molar-refractivity contribution in [2.45, 2.75) is 77.1 Å². The van der Waals surface area contributed by atoms with Gasteiger partial charge in [0.2, 0.25) is 0 Å². The fourth-order valence-electron chi connectivity index (χ4n) is 4.04. The quantitative estimate of drug-likeness (QED) is 0.642. The number of aliphatic hydroxyl groups is 1. The first-order valence-electron chi connectivity index (χ1n) is 8.50. The molecule has 2 rings (SSSR count). The lowest BCUT2D eigenvalue weighted by molar-refractivity contribution is -0.147. The summed E-state index contributed by atoms with van der Waals surface area (Å²) in [5, 5.41) is 10.6. The standard InChI is InChI=1S/C18H28O3Si/c1-22(2,3)13-5-4-8-14(19)17-15(20)9-6-11-18(17)12-7-10-16(18)21/h14,17,19H,4,6-12H2,1-3H3/t14-,17-,18+/m0/s1. The highest BCUT2D eigenvalue weighted by Gasteiger charge is 2.54. The van der Waals surface area contributed by atoms with Gasteiger partial charge >= 0.3 is 0 Å². The number of hydrogen-bond acceptors (Lipinski definition) is 3. The maximum absolute atomic E-state index is 12.4. The maximum atomic E-state index is 12.4. The Kier molecular flexibility index (Phi) is 5.29. The Hall–Kier alpha value is -0.923. The first-order valence-corrected chi connectivity index (χ1v) is 12.0. The summed E-state index contributed by atoms with van der Waals surface area (Å²) in [5.41, 5.74) is 2.73. The summed E-state index contributed by atoms with van der Waals surface area (Å²) in [5.74, 6) is 2.97. The summed E-state index contributed by atoms with van der Waals surface area (Å²) < 4.78 is 0. The molecular weight excluding hydrogens is 292 g/mol. The number of rotatable bonds is 3. The van der Waals surface area contributed by atoms with Crippen molar-refractivity contribution < 1.29 is 14.7 Å². The molecule has 22 heavy (non-hydrogen) atoms. The lowest BCUT2D eigenvalue weighted by Gasteiger charge is -2.41. The van der Waals surface area contributed by atoms with Gasteiger partial charge in [-0.3, -0.25) is 9.59 Å². The monoisotopic (exact) mass is 320 g/mol. The lowest BCUT2D eigenvalue weighted by atomic mass is 9.61. The van der Waals surface area contributed by atoms with Gasteiger partial charge in [-0.15, -0.1) is 11.5 Å². The highest BCUT2D eigenvalue weighted by atomic mass is 28.3. The van der Waals surface area contributed by atoms with E-state index in [1.807, 2.05) is 0 Å². The zero-order valence-electron chi connectivity index (χ0n) is 14.1. The second kappa shape index (κ2) is 6.68. The van der Waals surface area contributed by atoms with Gasteiger partial charge in [-0.25, -0.2) is 0 Å². The fraction of sp³-hybridized carbons (Fsp3) is 0.778. The van der Waals surface area contributed by atoms with Crippen LogP contribution < -0.4 is 0 Å². The third-order valence-electron chi connectivity index (χ3n) is 4.98. The molecule has 0 unspecified atom stereocenters. The van der Waals surface area contributed by atoms with Crippen LogP contribution in [-0.4, -0.2) is 30.9 Å². The third kappa shape index (κ3) is 3.69. The van der Waals surface area contributed by atoms with E-state index in [2.05, 4.69) is 31.1 Å². The number of carbonyl (C=O) groups excluding carboxylic acids is 2. The highest BCUT2D eigenvalue weighted by Crippen LogP contribution is 2.50. The van der Waals surface area contributed by atoms with Gasteiger partial charge in [0, 0.05) is 24.7 Å². The zero-order chi connectivity index (χ0) is 16.4. The summed E-state index contributed by atoms with van der Waals surface area (Å²) in [4.78, 5) is 24.8. The highest BCUT2D eigenvalue weighted by molar-refractivity contribution is 6.83. The summed E-state index contributed by atoms with van der Waals surface area (Å²) in [6.45, 7) is 6.56. The number of carbonyl (C=O) groups is 2. The van der Waals surface area contributed by atoms with E-state index in [1.165, 1.54) is 0 Å². The van der Waals surface area contributed by atoms with Crippen molar-refractivity contribution in [3.8, 4) is 11.5 Å². The molecule has 122 valence electrons. The van der Waals surface area contributed by atoms with Crippen LogP contribution in [0.15, 0.2) is 0 Å². The number of aliphatic hydroxyl groups excluding tert-OH is 1. The molecule has 3 atom stereocenters. The molecule has 0 aromatic rings. The van der Waals surface area contributed by atoms with Crippen LogP contribution in [0.25, 0.3) is 0 Å². The van der Waals surface area contributed by atoms with Crippen molar-refractivity contribution in [1.82, 2.24) is 0 Å². The minimum Gasteiger partial charge on any atom is -0.392 e. The summed E-state index contributed by atoms with van der Waals surface area (Å²) >= 11 is 0. The topological polar surface area (TPSA) is 54.4 Å². The molecule has 0 heterocycles. The maximum Gasteiger partial charge on any atom is 0.139 e. The normalized spacial score (nSPS) is 30.3. The van der Waals surface area contributed by atoms with E-state index in [9.17, 15) is 14.7 Å². The Labute approximate surface area is 134 Å². The molecule has 0 aromatic carbocycles. The first-order chi connectivity index (χ1) is 10.3. The van der Waals surface area contributed by atoms with Crippen LogP contribution in [-0.2, 0) is 9.59 Å². The molecule has 3 nitrogen and oxygen atoms in total. The fourth-order valence-corrected chi connectivity index (χ4v) is 4.70. The van der Waals surface area contributed by atoms with Gasteiger partial charge in [0.25, 0.3) is 0 Å². The molecule has 2 saturated carbocycles. The summed E-state index contributed by atoms with van der Waals surface area (Å²) in [7, 11) is -1.39. The van der Waals surface area contributed by atoms with Crippen LogP contribution >= 0.6 is 0 Å². The minimum atomic E-state index is -1.39. The predicted molar refractivity (Wildman–Crippen MR) is 90.0 cm³/mol. The van der Waals surface area contributed by atoms with E-state index in [-0.39, 0.29) is 11.6 Å². The third-order valence-corrected chi connectivity index (χ3v) is 5.91. The van der Waals surface area contributed by atoms with Crippen molar-refractivity contribution in [2.24, 2.45) is 11.3 Å². The van der Waals surface area contributed by atoms with Gasteiger partial charge in [0.1, 0.15) is 19.6 Å². The largest absolute Gasteiger partial charge is 0.392 e. The molecule has 1 spiro atoms. The van der Waals surface area contributed by atoms with E-state index in [0.29, 0.717) is 25.7 Å². The molecular formula is C18H28O3Si. The predicted octanol–water partition coefficient (Wildman–Crippen LogP) is 3.12. The van der Waals surface area contributed by atoms with E-state index in [4.69, 9.17) is 0 Å². The zero-order valence-corrected chi connectivity index (χ0v) is 15.1. The summed E-state index contributed by atoms with van der Waals surface area (Å²) in [6.07, 6.45) is 4.70. The van der Waals surface area contributed by atoms with Crippen molar-refractivity contribution in [1.29, 1.82) is 0 Å². The van der Waals surface area contributed by atoms with E-state index in [1.54, 1.807) is 0 Å². The molecule has 0 aromatic heterocycles. The van der Waals surface area contributed by atoms with Crippen molar-refractivity contribution in [3.63, 3.8) is 0 Å². The van der Waals surface area contributed by atoms with Crippen molar-refractivity contribution in [3.05, 3.63) is 0 Å². The van der Waals surface area contributed by atoms with Crippen LogP contribution in [0, 0.1) is 22.8 Å². The molecule has 0 bridgehead atoms. The second-order valence-electron chi connectivity index (χ2n) is 7.89. The molecule has 0 amide bonds. The SMILES string of the molecule is C[Si](C)(C)C#CCC[C@H](O)[C@H]1C(=O)CCC[C@]12CCCC2=O. The molecule has 1 N–H and O–H groups in total. The average molecular weight is 321 g/mol. The Morgan fingerprint density at radius 3 is 2.41 bits per heavy atom. The van der Waals surface area contributed by atoms with Gasteiger partial charge in [-0.05, 0) is 32.1 Å². The number of ketones is 2. The number of hydrogen-bond donors (Lipinski definition) is 1. The molecule has 0 aliphatic heterocycles. The molecule has 0 saturated heterocycles. The smallest absolute Gasteiger partial charge is 0.139 e. The van der Waals surface area contributed by atoms with Gasteiger partial charge in [0.15, 0.2) is 0 Å². The van der Waals surface area contributed by atoms with Gasteiger partial charge in [-0.1, -0.05) is 19.6 Å². The Bertz CT molecular complexity index is 509. The Morgan fingerprint density at radius 1 is 1.23 bits per heavy atom. The van der Waals surface area contributed by atoms with Gasteiger partial charge < -0.3 is 5.11 Å². The molecule has 2 aliphatic rings. The van der Waals surface area contributed by atoms with Crippen LogP contribution in [0.3, 0.4) is 0 Å². The Morgan fingerprint density at radius 2 is 1.86 bits per heavy atom. The first kappa shape index (κ1) is 17.4. The number of Topliss-reactive ketones (excluding diaryl/α,β-unsaturated/α-hetero) is 2. The van der Waals surface area contributed by atoms with Crippen molar-refractivity contribution >= 4 is 19.6 Å². The van der Waals surface area contributed by atoms with Crippen LogP contribution in [0.1, 0.15) is 51.4 Å². The lowest BCUT2D eigenvalue weighted by Crippen LogP contribution is -2.48. The van der Waals surface area contributed by atoms with Gasteiger partial charge in [0.05, 0.1) is 12.0 Å². The molecule has 4 heteroatoms. The molecule has 0 radical (unpaired) electrons. The van der Waals surface area contributed by atoms with Crippen LogP contribution in [0.2, 0.25) is 19.6 Å². The van der Waals surface area contributed by atoms with E-state index < -0.39 is 25.5 Å².